The molecule has 0 bridgehead atoms. The van der Waals surface area contributed by atoms with E-state index in [1.807, 2.05) is 0 Å². The molecule has 2 aromatic carbocycles. The molecular weight excluding hydrogens is 286 g/mol. The van der Waals surface area contributed by atoms with Crippen LogP contribution in [0.1, 0.15) is 30.3 Å². The molecule has 1 nitrogen and oxygen atoms in total. The maximum atomic E-state index is 4.89. The minimum Gasteiger partial charge on any atom is -0.240 e. The quantitative estimate of drug-likeness (QED) is 0.527. The summed E-state index contributed by atoms with van der Waals surface area (Å²) in [4.78, 5) is 4.89. The SMILES string of the molecule is C=C[C@@](CC)(CCc1ccccc1)c1nc2ccccc2s1. The topological polar surface area (TPSA) is 12.9 Å². The summed E-state index contributed by atoms with van der Waals surface area (Å²) in [5, 5.41) is 1.20. The Morgan fingerprint density at radius 1 is 1.09 bits per heavy atom. The second-order valence-corrected chi connectivity index (χ2v) is 6.72. The average Bonchev–Trinajstić information content (AvgIpc) is 3.02. The zero-order valence-electron chi connectivity index (χ0n) is 13.0. The number of nitrogens with zero attached hydrogens (tertiary/aromatic N) is 1. The van der Waals surface area contributed by atoms with Gasteiger partial charge in [0, 0.05) is 5.41 Å². The molecule has 0 spiro atoms. The first kappa shape index (κ1) is 15.0. The fraction of sp³-hybridized carbons (Fsp3) is 0.250. The lowest BCUT2D eigenvalue weighted by Gasteiger charge is -2.27. The molecule has 0 amide bonds. The molecule has 3 aromatic rings. The zero-order valence-corrected chi connectivity index (χ0v) is 13.8. The number of fused-ring (bicyclic) bond motifs is 1. The first-order valence-electron chi connectivity index (χ1n) is 7.81. The summed E-state index contributed by atoms with van der Waals surface area (Å²) < 4.78 is 1.26. The number of thiazole rings is 1. The van der Waals surface area contributed by atoms with E-state index in [2.05, 4.69) is 74.2 Å². The fourth-order valence-corrected chi connectivity index (χ4v) is 4.12. The number of benzene rings is 2. The van der Waals surface area contributed by atoms with E-state index in [1.54, 1.807) is 11.3 Å². The van der Waals surface area contributed by atoms with Crippen molar-refractivity contribution in [3.05, 3.63) is 77.8 Å². The van der Waals surface area contributed by atoms with Crippen molar-refractivity contribution in [2.24, 2.45) is 0 Å². The summed E-state index contributed by atoms with van der Waals surface area (Å²) in [7, 11) is 0. The molecule has 0 fully saturated rings. The molecule has 0 radical (unpaired) electrons. The minimum absolute atomic E-state index is 0.0282. The normalized spacial score (nSPS) is 13.9. The van der Waals surface area contributed by atoms with Crippen LogP contribution in [0.3, 0.4) is 0 Å². The van der Waals surface area contributed by atoms with Crippen molar-refractivity contribution in [1.82, 2.24) is 4.98 Å². The van der Waals surface area contributed by atoms with Crippen molar-refractivity contribution in [2.75, 3.05) is 0 Å². The van der Waals surface area contributed by atoms with Crippen LogP contribution in [0.15, 0.2) is 67.3 Å². The molecule has 0 N–H and O–H groups in total. The highest BCUT2D eigenvalue weighted by atomic mass is 32.1. The Hall–Kier alpha value is -1.93. The number of hydrogen-bond donors (Lipinski definition) is 0. The van der Waals surface area contributed by atoms with E-state index in [1.165, 1.54) is 15.3 Å². The van der Waals surface area contributed by atoms with Crippen molar-refractivity contribution in [2.45, 2.75) is 31.6 Å². The second kappa shape index (κ2) is 6.45. The van der Waals surface area contributed by atoms with Crippen LogP contribution in [0.4, 0.5) is 0 Å². The molecule has 0 saturated carbocycles. The van der Waals surface area contributed by atoms with E-state index in [0.29, 0.717) is 0 Å². The lowest BCUT2D eigenvalue weighted by atomic mass is 9.80. The highest BCUT2D eigenvalue weighted by molar-refractivity contribution is 7.18. The Kier molecular flexibility index (Phi) is 4.39. The lowest BCUT2D eigenvalue weighted by Crippen LogP contribution is -2.23. The monoisotopic (exact) mass is 307 g/mol. The van der Waals surface area contributed by atoms with Gasteiger partial charge in [0.25, 0.3) is 0 Å². The number of hydrogen-bond acceptors (Lipinski definition) is 2. The number of allylic oxidation sites excluding steroid dienone is 1. The van der Waals surface area contributed by atoms with Crippen LogP contribution in [-0.4, -0.2) is 4.98 Å². The molecule has 0 aliphatic rings. The van der Waals surface area contributed by atoms with Gasteiger partial charge in [0.05, 0.1) is 10.2 Å². The zero-order chi connectivity index (χ0) is 15.4. The van der Waals surface area contributed by atoms with Gasteiger partial charge in [-0.1, -0.05) is 55.5 Å². The smallest absolute Gasteiger partial charge is 0.104 e. The Morgan fingerprint density at radius 2 is 1.82 bits per heavy atom. The van der Waals surface area contributed by atoms with Crippen LogP contribution in [0.2, 0.25) is 0 Å². The van der Waals surface area contributed by atoms with Gasteiger partial charge < -0.3 is 0 Å². The minimum atomic E-state index is -0.0282. The summed E-state index contributed by atoms with van der Waals surface area (Å²) in [5.41, 5.74) is 2.45. The highest BCUT2D eigenvalue weighted by Crippen LogP contribution is 2.38. The molecule has 112 valence electrons. The lowest BCUT2D eigenvalue weighted by molar-refractivity contribution is 0.473. The van der Waals surface area contributed by atoms with Crippen LogP contribution in [-0.2, 0) is 11.8 Å². The van der Waals surface area contributed by atoms with Crippen LogP contribution in [0.25, 0.3) is 10.2 Å². The molecule has 1 aromatic heterocycles. The summed E-state index contributed by atoms with van der Waals surface area (Å²) in [6.45, 7) is 6.36. The molecule has 1 atom stereocenters. The van der Waals surface area contributed by atoms with E-state index < -0.39 is 0 Å². The van der Waals surface area contributed by atoms with E-state index in [0.717, 1.165) is 24.8 Å². The van der Waals surface area contributed by atoms with E-state index in [4.69, 9.17) is 4.98 Å². The van der Waals surface area contributed by atoms with Gasteiger partial charge >= 0.3 is 0 Å². The summed E-state index contributed by atoms with van der Waals surface area (Å²) >= 11 is 1.81. The van der Waals surface area contributed by atoms with Gasteiger partial charge in [0.2, 0.25) is 0 Å². The Morgan fingerprint density at radius 3 is 2.50 bits per heavy atom. The third-order valence-corrected chi connectivity index (χ3v) is 5.70. The standard InChI is InChI=1S/C20H21NS/c1-3-20(4-2,15-14-16-10-6-5-7-11-16)19-21-17-12-8-9-13-18(17)22-19/h3,5-13H,1,4,14-15H2,2H3/t20-/m1/s1. The van der Waals surface area contributed by atoms with E-state index in [-0.39, 0.29) is 5.41 Å². The van der Waals surface area contributed by atoms with Crippen LogP contribution >= 0.6 is 11.3 Å². The van der Waals surface area contributed by atoms with E-state index >= 15 is 0 Å². The number of rotatable bonds is 6. The number of aryl methyl sites for hydroxylation is 1. The van der Waals surface area contributed by atoms with Gasteiger partial charge in [-0.3, -0.25) is 0 Å². The van der Waals surface area contributed by atoms with Gasteiger partial charge in [-0.15, -0.1) is 17.9 Å². The van der Waals surface area contributed by atoms with Crippen LogP contribution < -0.4 is 0 Å². The fourth-order valence-electron chi connectivity index (χ4n) is 2.87. The summed E-state index contributed by atoms with van der Waals surface area (Å²) in [5.74, 6) is 0. The molecule has 0 aliphatic heterocycles. The van der Waals surface area contributed by atoms with Gasteiger partial charge in [0.1, 0.15) is 5.01 Å². The molecule has 0 aliphatic carbocycles. The Bertz CT molecular complexity index is 726. The maximum absolute atomic E-state index is 4.89. The van der Waals surface area contributed by atoms with Crippen molar-refractivity contribution in [1.29, 1.82) is 0 Å². The number of aromatic nitrogens is 1. The third-order valence-electron chi connectivity index (χ3n) is 4.44. The average molecular weight is 307 g/mol. The van der Waals surface area contributed by atoms with Gasteiger partial charge in [-0.2, -0.15) is 0 Å². The van der Waals surface area contributed by atoms with Gasteiger partial charge in [0.15, 0.2) is 0 Å². The largest absolute Gasteiger partial charge is 0.240 e. The first-order chi connectivity index (χ1) is 10.8. The van der Waals surface area contributed by atoms with Crippen molar-refractivity contribution >= 4 is 21.6 Å². The molecule has 2 heteroatoms. The molecule has 0 saturated heterocycles. The first-order valence-corrected chi connectivity index (χ1v) is 8.62. The van der Waals surface area contributed by atoms with Crippen molar-refractivity contribution in [3.63, 3.8) is 0 Å². The van der Waals surface area contributed by atoms with Crippen LogP contribution in [0.5, 0.6) is 0 Å². The Labute approximate surface area is 136 Å². The van der Waals surface area contributed by atoms with Crippen molar-refractivity contribution in [3.8, 4) is 0 Å². The maximum Gasteiger partial charge on any atom is 0.104 e. The summed E-state index contributed by atoms with van der Waals surface area (Å²) in [6, 6.07) is 19.0. The molecule has 22 heavy (non-hydrogen) atoms. The van der Waals surface area contributed by atoms with Crippen molar-refractivity contribution < 1.29 is 0 Å². The second-order valence-electron chi connectivity index (χ2n) is 5.69. The third kappa shape index (κ3) is 2.84. The van der Waals surface area contributed by atoms with Gasteiger partial charge in [-0.25, -0.2) is 4.98 Å². The molecule has 3 rings (SSSR count). The summed E-state index contributed by atoms with van der Waals surface area (Å²) in [6.07, 6.45) is 5.24. The molecule has 1 heterocycles. The molecule has 0 unspecified atom stereocenters. The van der Waals surface area contributed by atoms with E-state index in [9.17, 15) is 0 Å². The highest BCUT2D eigenvalue weighted by Gasteiger charge is 2.30. The molecular formula is C20H21NS. The number of para-hydroxylation sites is 1. The Balaban J connectivity index is 1.91. The van der Waals surface area contributed by atoms with Gasteiger partial charge in [-0.05, 0) is 37.0 Å². The predicted molar refractivity (Wildman–Crippen MR) is 96.5 cm³/mol. The predicted octanol–water partition coefficient (Wildman–Crippen LogP) is 5.76. The van der Waals surface area contributed by atoms with Crippen LogP contribution in [0, 0.1) is 0 Å².